The molecule has 1 aliphatic heterocycles. The third kappa shape index (κ3) is 4.32. The number of carbonyl (C=O) groups excluding carboxylic acids is 1. The number of hydrogen-bond acceptors (Lipinski definition) is 4. The van der Waals surface area contributed by atoms with E-state index in [2.05, 4.69) is 5.32 Å². The topological polar surface area (TPSA) is 75.7 Å². The number of nitrogens with one attached hydrogen (secondary N) is 1. The number of hydrogen-bond donors (Lipinski definition) is 1. The summed E-state index contributed by atoms with van der Waals surface area (Å²) < 4.78 is 32.8. The van der Waals surface area contributed by atoms with Gasteiger partial charge in [-0.3, -0.25) is 4.79 Å². The van der Waals surface area contributed by atoms with Crippen molar-refractivity contribution in [3.63, 3.8) is 0 Å². The largest absolute Gasteiger partial charge is 0.495 e. The first kappa shape index (κ1) is 20.6. The van der Waals surface area contributed by atoms with Crippen LogP contribution in [0.5, 0.6) is 5.75 Å². The summed E-state index contributed by atoms with van der Waals surface area (Å²) >= 11 is 6.02. The van der Waals surface area contributed by atoms with Gasteiger partial charge in [0.25, 0.3) is 0 Å². The monoisotopic (exact) mass is 422 g/mol. The highest BCUT2D eigenvalue weighted by Gasteiger charge is 2.37. The lowest BCUT2D eigenvalue weighted by Crippen LogP contribution is -2.49. The molecule has 1 unspecified atom stereocenters. The van der Waals surface area contributed by atoms with Crippen molar-refractivity contribution in [1.82, 2.24) is 4.31 Å². The van der Waals surface area contributed by atoms with Gasteiger partial charge < -0.3 is 10.1 Å². The number of rotatable bonds is 5. The number of sulfonamides is 1. The molecule has 1 aliphatic rings. The molecule has 28 heavy (non-hydrogen) atoms. The molecule has 0 bridgehead atoms. The van der Waals surface area contributed by atoms with E-state index in [1.54, 1.807) is 42.5 Å². The second kappa shape index (κ2) is 8.51. The maximum absolute atomic E-state index is 13.1. The predicted molar refractivity (Wildman–Crippen MR) is 109 cm³/mol. The molecule has 6 nitrogen and oxygen atoms in total. The Kier molecular flexibility index (Phi) is 6.27. The third-order valence-electron chi connectivity index (χ3n) is 4.80. The SMILES string of the molecule is COc1ccc(Cl)cc1NC(=O)C1CCCCN1S(=O)(=O)c1ccc(C)cc1. The van der Waals surface area contributed by atoms with Crippen LogP contribution in [0.15, 0.2) is 47.4 Å². The van der Waals surface area contributed by atoms with Crippen molar-refractivity contribution in [3.05, 3.63) is 53.1 Å². The molecule has 2 aromatic rings. The van der Waals surface area contributed by atoms with E-state index in [4.69, 9.17) is 16.3 Å². The van der Waals surface area contributed by atoms with Crippen LogP contribution in [0.25, 0.3) is 0 Å². The highest BCUT2D eigenvalue weighted by Crippen LogP contribution is 2.30. The number of piperidine rings is 1. The summed E-state index contributed by atoms with van der Waals surface area (Å²) in [5.74, 6) is 0.0671. The van der Waals surface area contributed by atoms with Gasteiger partial charge in [0.05, 0.1) is 17.7 Å². The van der Waals surface area contributed by atoms with E-state index in [9.17, 15) is 13.2 Å². The lowest BCUT2D eigenvalue weighted by molar-refractivity contribution is -0.120. The minimum Gasteiger partial charge on any atom is -0.495 e. The van der Waals surface area contributed by atoms with Gasteiger partial charge in [0.15, 0.2) is 0 Å². The Morgan fingerprint density at radius 1 is 1.18 bits per heavy atom. The molecule has 1 atom stereocenters. The average Bonchev–Trinajstić information content (AvgIpc) is 2.68. The molecule has 0 spiro atoms. The summed E-state index contributed by atoms with van der Waals surface area (Å²) in [4.78, 5) is 13.2. The molecule has 0 aliphatic carbocycles. The van der Waals surface area contributed by atoms with Crippen molar-refractivity contribution in [2.45, 2.75) is 37.1 Å². The summed E-state index contributed by atoms with van der Waals surface area (Å²) in [6.07, 6.45) is 1.96. The molecule has 8 heteroatoms. The van der Waals surface area contributed by atoms with Gasteiger partial charge >= 0.3 is 0 Å². The van der Waals surface area contributed by atoms with Gasteiger partial charge in [0.1, 0.15) is 11.8 Å². The number of ether oxygens (including phenoxy) is 1. The Morgan fingerprint density at radius 2 is 1.89 bits per heavy atom. The van der Waals surface area contributed by atoms with Gasteiger partial charge in [-0.05, 0) is 50.1 Å². The van der Waals surface area contributed by atoms with Crippen LogP contribution in [0.2, 0.25) is 5.02 Å². The lowest BCUT2D eigenvalue weighted by Gasteiger charge is -2.33. The average molecular weight is 423 g/mol. The summed E-state index contributed by atoms with van der Waals surface area (Å²) in [6.45, 7) is 2.20. The molecule has 0 radical (unpaired) electrons. The number of benzene rings is 2. The van der Waals surface area contributed by atoms with Gasteiger partial charge in [-0.25, -0.2) is 8.42 Å². The molecule has 0 aromatic heterocycles. The van der Waals surface area contributed by atoms with Gasteiger partial charge in [-0.15, -0.1) is 0 Å². The minimum atomic E-state index is -3.77. The second-order valence-corrected chi connectivity index (χ2v) is 9.10. The van der Waals surface area contributed by atoms with Crippen LogP contribution < -0.4 is 10.1 Å². The van der Waals surface area contributed by atoms with Crippen LogP contribution in [0.4, 0.5) is 5.69 Å². The fraction of sp³-hybridized carbons (Fsp3) is 0.350. The number of carbonyl (C=O) groups is 1. The van der Waals surface area contributed by atoms with Crippen LogP contribution in [0.1, 0.15) is 24.8 Å². The van der Waals surface area contributed by atoms with Crippen LogP contribution >= 0.6 is 11.6 Å². The zero-order valence-electron chi connectivity index (χ0n) is 15.8. The molecule has 3 rings (SSSR count). The van der Waals surface area contributed by atoms with Crippen molar-refractivity contribution in [1.29, 1.82) is 0 Å². The zero-order chi connectivity index (χ0) is 20.3. The highest BCUT2D eigenvalue weighted by molar-refractivity contribution is 7.89. The van der Waals surface area contributed by atoms with Crippen LogP contribution in [0.3, 0.4) is 0 Å². The predicted octanol–water partition coefficient (Wildman–Crippen LogP) is 3.84. The Hall–Kier alpha value is -2.09. The summed E-state index contributed by atoms with van der Waals surface area (Å²) in [5.41, 5.74) is 1.39. The van der Waals surface area contributed by atoms with Gasteiger partial charge in [-0.2, -0.15) is 4.31 Å². The maximum atomic E-state index is 13.1. The maximum Gasteiger partial charge on any atom is 0.243 e. The van der Waals surface area contributed by atoms with Crippen molar-refractivity contribution in [3.8, 4) is 5.75 Å². The number of nitrogens with zero attached hydrogens (tertiary/aromatic N) is 1. The smallest absolute Gasteiger partial charge is 0.243 e. The molecular weight excluding hydrogens is 400 g/mol. The van der Waals surface area contributed by atoms with Crippen LogP contribution in [-0.4, -0.2) is 38.3 Å². The zero-order valence-corrected chi connectivity index (χ0v) is 17.4. The third-order valence-corrected chi connectivity index (χ3v) is 6.96. The summed E-state index contributed by atoms with van der Waals surface area (Å²) in [6, 6.07) is 10.8. The fourth-order valence-corrected chi connectivity index (χ4v) is 5.12. The first-order chi connectivity index (χ1) is 13.3. The van der Waals surface area contributed by atoms with E-state index in [1.165, 1.54) is 11.4 Å². The molecule has 1 amide bonds. The quantitative estimate of drug-likeness (QED) is 0.794. The fourth-order valence-electron chi connectivity index (χ4n) is 3.29. The van der Waals surface area contributed by atoms with E-state index < -0.39 is 22.0 Å². The van der Waals surface area contributed by atoms with Gasteiger partial charge in [0, 0.05) is 11.6 Å². The second-order valence-electron chi connectivity index (χ2n) is 6.77. The van der Waals surface area contributed by atoms with Crippen LogP contribution in [-0.2, 0) is 14.8 Å². The first-order valence-corrected chi connectivity index (χ1v) is 10.9. The molecule has 1 heterocycles. The van der Waals surface area contributed by atoms with E-state index in [-0.39, 0.29) is 4.90 Å². The Labute approximate surface area is 170 Å². The van der Waals surface area contributed by atoms with Crippen molar-refractivity contribution < 1.29 is 17.9 Å². The number of methoxy groups -OCH3 is 1. The van der Waals surface area contributed by atoms with E-state index in [1.807, 2.05) is 6.92 Å². The van der Waals surface area contributed by atoms with Crippen LogP contribution in [0, 0.1) is 6.92 Å². The minimum absolute atomic E-state index is 0.193. The molecular formula is C20H23ClN2O4S. The number of aryl methyl sites for hydroxylation is 1. The highest BCUT2D eigenvalue weighted by atomic mass is 35.5. The number of amides is 1. The van der Waals surface area contributed by atoms with Gasteiger partial charge in [-0.1, -0.05) is 35.7 Å². The first-order valence-electron chi connectivity index (χ1n) is 9.06. The van der Waals surface area contributed by atoms with Crippen molar-refractivity contribution >= 4 is 33.2 Å². The van der Waals surface area contributed by atoms with Crippen molar-refractivity contribution in [2.75, 3.05) is 19.0 Å². The Morgan fingerprint density at radius 3 is 2.57 bits per heavy atom. The summed E-state index contributed by atoms with van der Waals surface area (Å²) in [5, 5.41) is 3.23. The number of halogens is 1. The molecule has 150 valence electrons. The van der Waals surface area contributed by atoms with Gasteiger partial charge in [0.2, 0.25) is 15.9 Å². The van der Waals surface area contributed by atoms with E-state index >= 15 is 0 Å². The molecule has 1 fully saturated rings. The standard InChI is InChI=1S/C20H23ClN2O4S/c1-14-6-9-16(10-7-14)28(25,26)23-12-4-3-5-18(23)20(24)22-17-13-15(21)8-11-19(17)27-2/h6-11,13,18H,3-5,12H2,1-2H3,(H,22,24). The van der Waals surface area contributed by atoms with E-state index in [0.29, 0.717) is 29.4 Å². The summed E-state index contributed by atoms with van der Waals surface area (Å²) in [7, 11) is -2.28. The Bertz CT molecular complexity index is 961. The molecule has 1 saturated heterocycles. The Balaban J connectivity index is 1.88. The number of anilines is 1. The molecule has 2 aromatic carbocycles. The molecule has 0 saturated carbocycles. The molecule has 1 N–H and O–H groups in total. The lowest BCUT2D eigenvalue weighted by atomic mass is 10.0. The van der Waals surface area contributed by atoms with E-state index in [0.717, 1.165) is 18.4 Å². The van der Waals surface area contributed by atoms with Crippen molar-refractivity contribution in [2.24, 2.45) is 0 Å². The normalized spacial score (nSPS) is 17.9.